The van der Waals surface area contributed by atoms with Crippen LogP contribution in [-0.4, -0.2) is 35.6 Å². The number of anilines is 1. The van der Waals surface area contributed by atoms with Gasteiger partial charge in [-0.2, -0.15) is 5.10 Å². The molecular formula is C19H26N4O2. The molecule has 1 fully saturated rings. The van der Waals surface area contributed by atoms with Gasteiger partial charge < -0.3 is 15.4 Å². The summed E-state index contributed by atoms with van der Waals surface area (Å²) in [4.78, 5) is 12.1. The van der Waals surface area contributed by atoms with Crippen molar-refractivity contribution in [1.82, 2.24) is 15.1 Å². The molecule has 25 heavy (non-hydrogen) atoms. The van der Waals surface area contributed by atoms with E-state index in [1.807, 2.05) is 48.9 Å². The third-order valence-electron chi connectivity index (χ3n) is 4.33. The average Bonchev–Trinajstić information content (AvgIpc) is 3.40. The van der Waals surface area contributed by atoms with Crippen LogP contribution in [0.15, 0.2) is 30.3 Å². The lowest BCUT2D eigenvalue weighted by Crippen LogP contribution is -2.30. The molecule has 2 amide bonds. The van der Waals surface area contributed by atoms with Gasteiger partial charge in [0.2, 0.25) is 0 Å². The average molecular weight is 342 g/mol. The summed E-state index contributed by atoms with van der Waals surface area (Å²) in [7, 11) is 0. The van der Waals surface area contributed by atoms with Gasteiger partial charge in [0.1, 0.15) is 0 Å². The summed E-state index contributed by atoms with van der Waals surface area (Å²) in [5.74, 6) is 0.781. The number of hydrogen-bond acceptors (Lipinski definition) is 3. The van der Waals surface area contributed by atoms with Gasteiger partial charge in [0, 0.05) is 19.8 Å². The van der Waals surface area contributed by atoms with E-state index in [4.69, 9.17) is 4.74 Å². The third-order valence-corrected chi connectivity index (χ3v) is 4.33. The largest absolute Gasteiger partial charge is 0.381 e. The molecule has 0 radical (unpaired) electrons. The van der Waals surface area contributed by atoms with Crippen LogP contribution in [-0.2, 0) is 4.74 Å². The van der Waals surface area contributed by atoms with Crippen molar-refractivity contribution in [2.75, 3.05) is 25.1 Å². The maximum absolute atomic E-state index is 12.1. The second-order valence-electron chi connectivity index (χ2n) is 6.55. The van der Waals surface area contributed by atoms with E-state index < -0.39 is 0 Å². The molecule has 0 saturated heterocycles. The molecule has 1 heterocycles. The Morgan fingerprint density at radius 2 is 2.04 bits per heavy atom. The maximum atomic E-state index is 12.1. The summed E-state index contributed by atoms with van der Waals surface area (Å²) in [6.45, 7) is 6.01. The molecule has 6 nitrogen and oxygen atoms in total. The number of carbonyl (C=O) groups is 1. The smallest absolute Gasteiger partial charge is 0.319 e. The predicted molar refractivity (Wildman–Crippen MR) is 98.2 cm³/mol. The number of hydrogen-bond donors (Lipinski definition) is 2. The molecule has 1 aromatic heterocycles. The number of para-hydroxylation sites is 1. The topological polar surface area (TPSA) is 68.2 Å². The van der Waals surface area contributed by atoms with E-state index >= 15 is 0 Å². The van der Waals surface area contributed by atoms with Crippen LogP contribution in [0.3, 0.4) is 0 Å². The molecule has 2 N–H and O–H groups in total. The van der Waals surface area contributed by atoms with Crippen LogP contribution in [0.1, 0.15) is 30.7 Å². The van der Waals surface area contributed by atoms with E-state index in [2.05, 4.69) is 15.7 Å². The van der Waals surface area contributed by atoms with Crippen molar-refractivity contribution in [3.8, 4) is 5.69 Å². The molecule has 2 aromatic rings. The van der Waals surface area contributed by atoms with Gasteiger partial charge >= 0.3 is 6.03 Å². The van der Waals surface area contributed by atoms with Crippen molar-refractivity contribution < 1.29 is 9.53 Å². The summed E-state index contributed by atoms with van der Waals surface area (Å²) in [5.41, 5.74) is 3.44. The van der Waals surface area contributed by atoms with Gasteiger partial charge in [-0.3, -0.25) is 0 Å². The van der Waals surface area contributed by atoms with Crippen LogP contribution in [0, 0.1) is 19.8 Å². The molecule has 1 aliphatic carbocycles. The standard InChI is InChI=1S/C19H26N4O2/c1-14-18(15(2)23(22-14)17-7-4-3-5-8-17)21-19(24)20-11-6-12-25-13-16-9-10-16/h3-5,7-8,16H,6,9-13H2,1-2H3,(H2,20,21,24). The Labute approximate surface area is 148 Å². The van der Waals surface area contributed by atoms with Crippen LogP contribution < -0.4 is 10.6 Å². The predicted octanol–water partition coefficient (Wildman–Crippen LogP) is 3.43. The van der Waals surface area contributed by atoms with Crippen LogP contribution >= 0.6 is 0 Å². The number of amides is 2. The first-order valence-electron chi connectivity index (χ1n) is 8.89. The number of rotatable bonds is 8. The fourth-order valence-electron chi connectivity index (χ4n) is 2.71. The number of urea groups is 1. The van der Waals surface area contributed by atoms with Gasteiger partial charge in [0.05, 0.1) is 22.8 Å². The van der Waals surface area contributed by atoms with E-state index in [0.717, 1.165) is 41.7 Å². The summed E-state index contributed by atoms with van der Waals surface area (Å²) >= 11 is 0. The fraction of sp³-hybridized carbons (Fsp3) is 0.474. The zero-order valence-electron chi connectivity index (χ0n) is 14.9. The molecule has 3 rings (SSSR count). The highest BCUT2D eigenvalue weighted by molar-refractivity contribution is 5.90. The normalized spacial score (nSPS) is 13.7. The Morgan fingerprint density at radius 3 is 2.76 bits per heavy atom. The number of aryl methyl sites for hydroxylation is 1. The van der Waals surface area contributed by atoms with Gasteiger partial charge in [-0.05, 0) is 51.2 Å². The van der Waals surface area contributed by atoms with Crippen LogP contribution in [0.25, 0.3) is 5.69 Å². The van der Waals surface area contributed by atoms with E-state index in [1.165, 1.54) is 12.8 Å². The Kier molecular flexibility index (Phi) is 5.71. The van der Waals surface area contributed by atoms with E-state index in [9.17, 15) is 4.79 Å². The molecular weight excluding hydrogens is 316 g/mol. The molecule has 1 aromatic carbocycles. The highest BCUT2D eigenvalue weighted by Crippen LogP contribution is 2.28. The third kappa shape index (κ3) is 4.82. The van der Waals surface area contributed by atoms with Gasteiger partial charge in [0.15, 0.2) is 0 Å². The lowest BCUT2D eigenvalue weighted by molar-refractivity contribution is 0.122. The van der Waals surface area contributed by atoms with Crippen molar-refractivity contribution in [3.63, 3.8) is 0 Å². The van der Waals surface area contributed by atoms with Gasteiger partial charge in [-0.1, -0.05) is 18.2 Å². The van der Waals surface area contributed by atoms with Crippen molar-refractivity contribution >= 4 is 11.7 Å². The van der Waals surface area contributed by atoms with Crippen LogP contribution in [0.4, 0.5) is 10.5 Å². The molecule has 0 spiro atoms. The lowest BCUT2D eigenvalue weighted by Gasteiger charge is -2.09. The Hall–Kier alpha value is -2.34. The Balaban J connectivity index is 1.48. The fourth-order valence-corrected chi connectivity index (χ4v) is 2.71. The number of benzene rings is 1. The molecule has 1 aliphatic rings. The molecule has 6 heteroatoms. The molecule has 0 bridgehead atoms. The highest BCUT2D eigenvalue weighted by atomic mass is 16.5. The van der Waals surface area contributed by atoms with Crippen LogP contribution in [0.5, 0.6) is 0 Å². The van der Waals surface area contributed by atoms with Crippen molar-refractivity contribution in [2.24, 2.45) is 5.92 Å². The quantitative estimate of drug-likeness (QED) is 0.722. The van der Waals surface area contributed by atoms with Gasteiger partial charge in [0.25, 0.3) is 0 Å². The molecule has 0 unspecified atom stereocenters. The highest BCUT2D eigenvalue weighted by Gasteiger charge is 2.20. The molecule has 134 valence electrons. The first-order valence-corrected chi connectivity index (χ1v) is 8.89. The summed E-state index contributed by atoms with van der Waals surface area (Å²) in [6.07, 6.45) is 3.42. The van der Waals surface area contributed by atoms with E-state index in [0.29, 0.717) is 13.2 Å². The summed E-state index contributed by atoms with van der Waals surface area (Å²) in [6, 6.07) is 9.68. The molecule has 0 atom stereocenters. The van der Waals surface area contributed by atoms with Crippen LogP contribution in [0.2, 0.25) is 0 Å². The second kappa shape index (κ2) is 8.16. The zero-order valence-corrected chi connectivity index (χ0v) is 14.9. The van der Waals surface area contributed by atoms with Crippen molar-refractivity contribution in [2.45, 2.75) is 33.1 Å². The first kappa shape index (κ1) is 17.5. The minimum Gasteiger partial charge on any atom is -0.381 e. The molecule has 0 aliphatic heterocycles. The lowest BCUT2D eigenvalue weighted by atomic mass is 10.3. The Morgan fingerprint density at radius 1 is 1.28 bits per heavy atom. The second-order valence-corrected chi connectivity index (χ2v) is 6.55. The monoisotopic (exact) mass is 342 g/mol. The maximum Gasteiger partial charge on any atom is 0.319 e. The van der Waals surface area contributed by atoms with E-state index in [-0.39, 0.29) is 6.03 Å². The summed E-state index contributed by atoms with van der Waals surface area (Å²) in [5, 5.41) is 10.3. The number of carbonyl (C=O) groups excluding carboxylic acids is 1. The minimum absolute atomic E-state index is 0.207. The number of nitrogens with one attached hydrogen (secondary N) is 2. The zero-order chi connectivity index (χ0) is 17.6. The number of ether oxygens (including phenoxy) is 1. The van der Waals surface area contributed by atoms with Gasteiger partial charge in [-0.25, -0.2) is 9.48 Å². The van der Waals surface area contributed by atoms with Gasteiger partial charge in [-0.15, -0.1) is 0 Å². The number of aromatic nitrogens is 2. The van der Waals surface area contributed by atoms with Crippen molar-refractivity contribution in [3.05, 3.63) is 41.7 Å². The minimum atomic E-state index is -0.207. The van der Waals surface area contributed by atoms with E-state index in [1.54, 1.807) is 0 Å². The molecule has 1 saturated carbocycles. The van der Waals surface area contributed by atoms with Crippen molar-refractivity contribution in [1.29, 1.82) is 0 Å². The summed E-state index contributed by atoms with van der Waals surface area (Å²) < 4.78 is 7.41. The SMILES string of the molecule is Cc1nn(-c2ccccc2)c(C)c1NC(=O)NCCCOCC1CC1. The Bertz CT molecular complexity index is 708. The number of nitrogens with zero attached hydrogens (tertiary/aromatic N) is 2. The first-order chi connectivity index (χ1) is 12.1.